The van der Waals surface area contributed by atoms with Gasteiger partial charge in [0.15, 0.2) is 5.15 Å². The number of aromatic nitrogens is 2. The molecule has 12 heteroatoms. The third-order valence-corrected chi connectivity index (χ3v) is 6.76. The minimum Gasteiger partial charge on any atom is -0.466 e. The summed E-state index contributed by atoms with van der Waals surface area (Å²) in [7, 11) is -4.36. The van der Waals surface area contributed by atoms with Crippen LogP contribution in [-0.2, 0) is 48.7 Å². The highest BCUT2D eigenvalue weighted by Crippen LogP contribution is 2.21. The standard InChI is InChI=1S/C23H32ClN3O7S/c1-4-7-8-20-25-22(24)19(15-28)27(20)14-16-9-11-17(12-10-16)35(31,32)26-18(23(30)34-6-3)13-21(29)33-5-2/h9-12,18,26,28H,4-8,13-15H2,1-3H3/t18-/m0/s1/i11D. The molecule has 2 rings (SSSR count). The Hall–Kier alpha value is -2.47. The van der Waals surface area contributed by atoms with Gasteiger partial charge in [-0.3, -0.25) is 9.59 Å². The number of aryl methyl sites for hydroxylation is 1. The number of sulfonamides is 1. The topological polar surface area (TPSA) is 137 Å². The molecule has 0 fully saturated rings. The van der Waals surface area contributed by atoms with Crippen molar-refractivity contribution in [1.29, 1.82) is 0 Å². The van der Waals surface area contributed by atoms with Crippen LogP contribution >= 0.6 is 11.6 Å². The van der Waals surface area contributed by atoms with Crippen molar-refractivity contribution >= 4 is 33.6 Å². The second kappa shape index (κ2) is 13.6. The number of halogens is 1. The fourth-order valence-corrected chi connectivity index (χ4v) is 4.71. The van der Waals surface area contributed by atoms with E-state index in [2.05, 4.69) is 9.71 Å². The number of benzene rings is 1. The van der Waals surface area contributed by atoms with E-state index in [0.717, 1.165) is 12.8 Å². The quantitative estimate of drug-likeness (QED) is 0.355. The van der Waals surface area contributed by atoms with Crippen molar-refractivity contribution in [3.63, 3.8) is 0 Å². The van der Waals surface area contributed by atoms with Crippen molar-refractivity contribution in [2.45, 2.75) is 70.5 Å². The molecule has 35 heavy (non-hydrogen) atoms. The smallest absolute Gasteiger partial charge is 0.324 e. The van der Waals surface area contributed by atoms with E-state index >= 15 is 0 Å². The highest BCUT2D eigenvalue weighted by Gasteiger charge is 2.29. The van der Waals surface area contributed by atoms with Gasteiger partial charge < -0.3 is 19.1 Å². The molecule has 1 atom stereocenters. The molecular formula is C23H32ClN3O7S. The van der Waals surface area contributed by atoms with E-state index in [0.29, 0.717) is 23.5 Å². The first kappa shape index (κ1) is 27.1. The molecule has 0 aliphatic carbocycles. The van der Waals surface area contributed by atoms with Gasteiger partial charge in [0.25, 0.3) is 0 Å². The van der Waals surface area contributed by atoms with E-state index in [1.54, 1.807) is 18.4 Å². The lowest BCUT2D eigenvalue weighted by Crippen LogP contribution is -2.43. The Bertz CT molecular complexity index is 1170. The van der Waals surface area contributed by atoms with Crippen LogP contribution in [0.15, 0.2) is 29.1 Å². The van der Waals surface area contributed by atoms with Crippen LogP contribution in [0.1, 0.15) is 58.5 Å². The second-order valence-electron chi connectivity index (χ2n) is 7.61. The average Bonchev–Trinajstić information content (AvgIpc) is 3.10. The van der Waals surface area contributed by atoms with Crippen LogP contribution in [0.2, 0.25) is 5.15 Å². The fraction of sp³-hybridized carbons (Fsp3) is 0.522. The zero-order valence-electron chi connectivity index (χ0n) is 21.0. The minimum absolute atomic E-state index is 0.00732. The van der Waals surface area contributed by atoms with Gasteiger partial charge in [-0.25, -0.2) is 13.4 Å². The van der Waals surface area contributed by atoms with Gasteiger partial charge in [0, 0.05) is 13.0 Å². The maximum absolute atomic E-state index is 13.0. The molecule has 1 aromatic carbocycles. The van der Waals surface area contributed by atoms with Crippen LogP contribution in [-0.4, -0.2) is 54.3 Å². The minimum atomic E-state index is -4.36. The van der Waals surface area contributed by atoms with Gasteiger partial charge in [0.2, 0.25) is 10.0 Å². The van der Waals surface area contributed by atoms with Gasteiger partial charge in [-0.15, -0.1) is 0 Å². The molecule has 0 unspecified atom stereocenters. The number of carbonyl (C=O) groups is 2. The zero-order valence-corrected chi connectivity index (χ0v) is 21.6. The molecule has 2 N–H and O–H groups in total. The number of nitrogens with zero attached hydrogens (tertiary/aromatic N) is 2. The van der Waals surface area contributed by atoms with Crippen LogP contribution in [0, 0.1) is 0 Å². The Morgan fingerprint density at radius 3 is 2.54 bits per heavy atom. The maximum Gasteiger partial charge on any atom is 0.324 e. The number of esters is 2. The molecule has 0 saturated carbocycles. The number of hydrogen-bond acceptors (Lipinski definition) is 8. The van der Waals surface area contributed by atoms with Gasteiger partial charge in [-0.1, -0.05) is 37.1 Å². The van der Waals surface area contributed by atoms with Crippen LogP contribution in [0.25, 0.3) is 0 Å². The molecular weight excluding hydrogens is 498 g/mol. The summed E-state index contributed by atoms with van der Waals surface area (Å²) in [6.45, 7) is 5.15. The molecule has 194 valence electrons. The molecule has 10 nitrogen and oxygen atoms in total. The molecule has 2 aromatic rings. The normalized spacial score (nSPS) is 12.8. The number of imidazole rings is 1. The first-order valence-electron chi connectivity index (χ1n) is 11.9. The van der Waals surface area contributed by atoms with Crippen LogP contribution in [0.4, 0.5) is 0 Å². The summed E-state index contributed by atoms with van der Waals surface area (Å²) in [5.41, 5.74) is 1.03. The molecule has 0 spiro atoms. The van der Waals surface area contributed by atoms with Crippen molar-refractivity contribution in [2.75, 3.05) is 13.2 Å². The fourth-order valence-electron chi connectivity index (χ4n) is 3.31. The van der Waals surface area contributed by atoms with Gasteiger partial charge in [0.1, 0.15) is 11.9 Å². The van der Waals surface area contributed by atoms with E-state index in [9.17, 15) is 23.1 Å². The van der Waals surface area contributed by atoms with E-state index in [-0.39, 0.29) is 42.5 Å². The molecule has 0 bridgehead atoms. The first-order chi connectivity index (χ1) is 17.1. The summed E-state index contributed by atoms with van der Waals surface area (Å²) >= 11 is 6.18. The number of hydrogen-bond donors (Lipinski definition) is 2. The Kier molecular flexibility index (Phi) is 10.5. The van der Waals surface area contributed by atoms with Crippen molar-refractivity contribution in [1.82, 2.24) is 14.3 Å². The van der Waals surface area contributed by atoms with Crippen LogP contribution in [0.3, 0.4) is 0 Å². The molecule has 0 aliphatic rings. The summed E-state index contributed by atoms with van der Waals surface area (Å²) < 4.78 is 47.9. The third kappa shape index (κ3) is 8.03. The number of aliphatic hydroxyl groups excluding tert-OH is 1. The van der Waals surface area contributed by atoms with Crippen molar-refractivity contribution in [3.05, 3.63) is 46.5 Å². The number of carbonyl (C=O) groups excluding carboxylic acids is 2. The predicted octanol–water partition coefficient (Wildman–Crippen LogP) is 2.58. The number of ether oxygens (including phenoxy) is 2. The van der Waals surface area contributed by atoms with Gasteiger partial charge in [-0.2, -0.15) is 4.72 Å². The molecule has 1 heterocycles. The van der Waals surface area contributed by atoms with E-state index in [4.69, 9.17) is 22.4 Å². The molecule has 1 aromatic heterocycles. The largest absolute Gasteiger partial charge is 0.466 e. The van der Waals surface area contributed by atoms with Crippen molar-refractivity contribution in [3.8, 4) is 0 Å². The Morgan fingerprint density at radius 1 is 1.23 bits per heavy atom. The van der Waals surface area contributed by atoms with E-state index < -0.39 is 34.4 Å². The van der Waals surface area contributed by atoms with E-state index in [1.165, 1.54) is 18.2 Å². The Balaban J connectivity index is 2.31. The van der Waals surface area contributed by atoms with Crippen molar-refractivity contribution < 1.29 is 34.0 Å². The first-order valence-corrected chi connectivity index (χ1v) is 13.2. The lowest BCUT2D eigenvalue weighted by atomic mass is 10.2. The lowest BCUT2D eigenvalue weighted by molar-refractivity contribution is -0.151. The summed E-state index contributed by atoms with van der Waals surface area (Å²) in [5.74, 6) is -1.00. The third-order valence-electron chi connectivity index (χ3n) is 5.03. The molecule has 0 saturated heterocycles. The van der Waals surface area contributed by atoms with Crippen LogP contribution < -0.4 is 4.72 Å². The van der Waals surface area contributed by atoms with Crippen molar-refractivity contribution in [2.24, 2.45) is 0 Å². The summed E-state index contributed by atoms with van der Waals surface area (Å²) in [6.07, 6.45) is 1.91. The van der Waals surface area contributed by atoms with Gasteiger partial charge >= 0.3 is 11.9 Å². The molecule has 0 aliphatic heterocycles. The molecule has 0 radical (unpaired) electrons. The molecule has 0 amide bonds. The average molecular weight is 531 g/mol. The summed E-state index contributed by atoms with van der Waals surface area (Å²) in [5, 5.41) is 9.94. The summed E-state index contributed by atoms with van der Waals surface area (Å²) in [4.78, 5) is 28.1. The number of unbranched alkanes of at least 4 members (excludes halogenated alkanes) is 1. The predicted molar refractivity (Wildman–Crippen MR) is 129 cm³/mol. The second-order valence-corrected chi connectivity index (χ2v) is 9.65. The summed E-state index contributed by atoms with van der Waals surface area (Å²) in [6, 6.07) is 2.32. The Labute approximate surface area is 212 Å². The monoisotopic (exact) mass is 530 g/mol. The number of aliphatic hydroxyl groups is 1. The van der Waals surface area contributed by atoms with Gasteiger partial charge in [0.05, 0.1) is 38.2 Å². The zero-order chi connectivity index (χ0) is 26.9. The Morgan fingerprint density at radius 2 is 1.94 bits per heavy atom. The van der Waals surface area contributed by atoms with Gasteiger partial charge in [-0.05, 0) is 37.9 Å². The SMILES string of the molecule is [2H]c1cc(Cn2c(CCCC)nc(Cl)c2CO)ccc1S(=O)(=O)N[C@@H](CC(=O)OCC)C(=O)OCC. The highest BCUT2D eigenvalue weighted by molar-refractivity contribution is 7.89. The lowest BCUT2D eigenvalue weighted by Gasteiger charge is -2.17. The van der Waals surface area contributed by atoms with E-state index in [1.807, 2.05) is 6.92 Å². The van der Waals surface area contributed by atoms with Crippen LogP contribution in [0.5, 0.6) is 0 Å². The number of rotatable bonds is 14. The number of nitrogens with one attached hydrogen (secondary N) is 1. The highest BCUT2D eigenvalue weighted by atomic mass is 35.5. The maximum atomic E-state index is 13.0.